The molecular weight excluding hydrogens is 280 g/mol. The number of aliphatic hydroxyl groups is 1. The van der Waals surface area contributed by atoms with Gasteiger partial charge in [0, 0.05) is 17.4 Å². The summed E-state index contributed by atoms with van der Waals surface area (Å²) in [4.78, 5) is 12.0. The zero-order valence-corrected chi connectivity index (χ0v) is 12.9. The Bertz CT molecular complexity index is 570. The minimum absolute atomic E-state index is 0.120. The van der Waals surface area contributed by atoms with Gasteiger partial charge in [0.15, 0.2) is 11.6 Å². The third kappa shape index (κ3) is 1.94. The molecule has 1 spiro atoms. The fraction of sp³-hybridized carbons (Fsp3) is 0.500. The van der Waals surface area contributed by atoms with E-state index in [1.807, 2.05) is 0 Å². The van der Waals surface area contributed by atoms with E-state index in [2.05, 4.69) is 20.1 Å². The Morgan fingerprint density at radius 3 is 2.50 bits per heavy atom. The Hall–Kier alpha value is -1.65. The molecule has 1 saturated carbocycles. The highest BCUT2D eigenvalue weighted by atomic mass is 16.8. The standard InChI is InChI=1S/C18H22O4/c1-4-15-16(5-2)22-18(21-15)8-6-7-13-9-14(20)12(11-19)10-17(13,18)3/h4-5,9,11,15-16,19H,1-2,6-8,10H2,3H3/b12-11-/t15-,16-,17+/m1/s1. The normalized spacial score (nSPS) is 38.7. The number of fused-ring (bicyclic) bond motifs is 2. The van der Waals surface area contributed by atoms with E-state index in [-0.39, 0.29) is 18.0 Å². The summed E-state index contributed by atoms with van der Waals surface area (Å²) in [6.45, 7) is 9.69. The summed E-state index contributed by atoms with van der Waals surface area (Å²) >= 11 is 0. The molecule has 22 heavy (non-hydrogen) atoms. The second-order valence-electron chi connectivity index (χ2n) is 6.44. The first-order valence-corrected chi connectivity index (χ1v) is 7.69. The van der Waals surface area contributed by atoms with Gasteiger partial charge in [0.1, 0.15) is 12.2 Å². The van der Waals surface area contributed by atoms with Gasteiger partial charge in [-0.1, -0.05) is 24.6 Å². The Kier molecular flexibility index (Phi) is 3.62. The smallest absolute Gasteiger partial charge is 0.184 e. The maximum absolute atomic E-state index is 12.0. The number of rotatable bonds is 2. The number of hydrogen-bond acceptors (Lipinski definition) is 4. The van der Waals surface area contributed by atoms with E-state index in [9.17, 15) is 9.90 Å². The van der Waals surface area contributed by atoms with Crippen LogP contribution in [0.4, 0.5) is 0 Å². The van der Waals surface area contributed by atoms with Gasteiger partial charge in [-0.25, -0.2) is 0 Å². The topological polar surface area (TPSA) is 55.8 Å². The van der Waals surface area contributed by atoms with E-state index in [4.69, 9.17) is 9.47 Å². The molecule has 1 N–H and O–H groups in total. The maximum Gasteiger partial charge on any atom is 0.184 e. The quantitative estimate of drug-likeness (QED) is 0.483. The SMILES string of the molecule is C=C[C@H]1OC2(CCCC3=CC(=O)/C(=C\O)C[C@@]32C)O[C@@H]1C=C. The zero-order valence-electron chi connectivity index (χ0n) is 12.9. The van der Waals surface area contributed by atoms with Crippen LogP contribution in [0, 0.1) is 5.41 Å². The highest BCUT2D eigenvalue weighted by Crippen LogP contribution is 2.58. The van der Waals surface area contributed by atoms with Gasteiger partial charge in [0.25, 0.3) is 0 Å². The van der Waals surface area contributed by atoms with Crippen LogP contribution < -0.4 is 0 Å². The highest BCUT2D eigenvalue weighted by molar-refractivity contribution is 6.05. The van der Waals surface area contributed by atoms with E-state index in [1.54, 1.807) is 18.2 Å². The molecule has 0 radical (unpaired) electrons. The van der Waals surface area contributed by atoms with Crippen molar-refractivity contribution in [1.29, 1.82) is 0 Å². The number of ketones is 1. The molecule has 3 aliphatic rings. The van der Waals surface area contributed by atoms with Crippen LogP contribution in [0.15, 0.2) is 48.8 Å². The number of carbonyl (C=O) groups is 1. The Morgan fingerprint density at radius 1 is 1.32 bits per heavy atom. The fourth-order valence-corrected chi connectivity index (χ4v) is 3.96. The summed E-state index contributed by atoms with van der Waals surface area (Å²) in [5.41, 5.74) is 0.978. The van der Waals surface area contributed by atoms with Crippen molar-refractivity contribution in [2.75, 3.05) is 0 Å². The van der Waals surface area contributed by atoms with Crippen molar-refractivity contribution in [2.24, 2.45) is 5.41 Å². The van der Waals surface area contributed by atoms with Crippen molar-refractivity contribution in [3.05, 3.63) is 48.8 Å². The van der Waals surface area contributed by atoms with Crippen molar-refractivity contribution in [3.63, 3.8) is 0 Å². The second kappa shape index (κ2) is 5.21. The highest BCUT2D eigenvalue weighted by Gasteiger charge is 2.61. The number of allylic oxidation sites excluding steroid dienone is 2. The molecule has 0 amide bonds. The summed E-state index contributed by atoms with van der Waals surface area (Å²) in [6.07, 6.45) is 8.47. The summed E-state index contributed by atoms with van der Waals surface area (Å²) in [6, 6.07) is 0. The molecule has 1 heterocycles. The largest absolute Gasteiger partial charge is 0.515 e. The van der Waals surface area contributed by atoms with Gasteiger partial charge in [0.05, 0.1) is 6.26 Å². The van der Waals surface area contributed by atoms with E-state index in [1.165, 1.54) is 0 Å². The van der Waals surface area contributed by atoms with Crippen LogP contribution in [-0.4, -0.2) is 28.9 Å². The van der Waals surface area contributed by atoms with Crippen LogP contribution in [0.5, 0.6) is 0 Å². The van der Waals surface area contributed by atoms with E-state index < -0.39 is 11.2 Å². The Labute approximate surface area is 130 Å². The second-order valence-corrected chi connectivity index (χ2v) is 6.44. The molecule has 4 heteroatoms. The first-order chi connectivity index (χ1) is 10.5. The first-order valence-electron chi connectivity index (χ1n) is 7.69. The lowest BCUT2D eigenvalue weighted by Gasteiger charge is -2.51. The third-order valence-electron chi connectivity index (χ3n) is 5.26. The van der Waals surface area contributed by atoms with Crippen molar-refractivity contribution in [1.82, 2.24) is 0 Å². The molecule has 2 fully saturated rings. The van der Waals surface area contributed by atoms with Gasteiger partial charge < -0.3 is 14.6 Å². The van der Waals surface area contributed by atoms with Crippen LogP contribution in [-0.2, 0) is 14.3 Å². The molecule has 118 valence electrons. The third-order valence-corrected chi connectivity index (χ3v) is 5.26. The van der Waals surface area contributed by atoms with Crippen LogP contribution in [0.2, 0.25) is 0 Å². The summed E-state index contributed by atoms with van der Waals surface area (Å²) < 4.78 is 12.5. The van der Waals surface area contributed by atoms with Gasteiger partial charge in [-0.3, -0.25) is 4.79 Å². The molecule has 3 atom stereocenters. The zero-order chi connectivity index (χ0) is 16.0. The summed E-state index contributed by atoms with van der Waals surface area (Å²) in [5.74, 6) is -0.922. The summed E-state index contributed by atoms with van der Waals surface area (Å²) in [5, 5.41) is 9.37. The van der Waals surface area contributed by atoms with Gasteiger partial charge >= 0.3 is 0 Å². The molecule has 0 aromatic heterocycles. The van der Waals surface area contributed by atoms with Gasteiger partial charge in [-0.15, -0.1) is 13.2 Å². The van der Waals surface area contributed by atoms with Crippen LogP contribution in [0.3, 0.4) is 0 Å². The van der Waals surface area contributed by atoms with Crippen LogP contribution >= 0.6 is 0 Å². The minimum Gasteiger partial charge on any atom is -0.515 e. The molecule has 1 aliphatic heterocycles. The van der Waals surface area contributed by atoms with E-state index >= 15 is 0 Å². The van der Waals surface area contributed by atoms with Crippen LogP contribution in [0.1, 0.15) is 32.6 Å². The van der Waals surface area contributed by atoms with Gasteiger partial charge in [-0.2, -0.15) is 0 Å². The molecule has 0 aromatic rings. The molecule has 2 aliphatic carbocycles. The van der Waals surface area contributed by atoms with Crippen molar-refractivity contribution in [2.45, 2.75) is 50.6 Å². The number of aliphatic hydroxyl groups excluding tert-OH is 1. The Balaban J connectivity index is 2.06. The minimum atomic E-state index is -0.802. The van der Waals surface area contributed by atoms with Gasteiger partial charge in [0.2, 0.25) is 0 Å². The number of carbonyl (C=O) groups excluding carboxylic acids is 1. The van der Waals surface area contributed by atoms with Crippen molar-refractivity contribution < 1.29 is 19.4 Å². The lowest BCUT2D eigenvalue weighted by atomic mass is 9.61. The van der Waals surface area contributed by atoms with E-state index in [0.717, 1.165) is 31.1 Å². The lowest BCUT2D eigenvalue weighted by molar-refractivity contribution is -0.243. The molecule has 0 bridgehead atoms. The van der Waals surface area contributed by atoms with Gasteiger partial charge in [-0.05, 0) is 25.3 Å². The molecule has 4 nitrogen and oxygen atoms in total. The predicted octanol–water partition coefficient (Wildman–Crippen LogP) is 3.37. The van der Waals surface area contributed by atoms with Crippen LogP contribution in [0.25, 0.3) is 0 Å². The molecule has 3 rings (SSSR count). The monoisotopic (exact) mass is 302 g/mol. The maximum atomic E-state index is 12.0. The summed E-state index contributed by atoms with van der Waals surface area (Å²) in [7, 11) is 0. The lowest BCUT2D eigenvalue weighted by Crippen LogP contribution is -2.53. The molecule has 0 unspecified atom stereocenters. The molecular formula is C18H22O4. The van der Waals surface area contributed by atoms with E-state index in [0.29, 0.717) is 12.0 Å². The molecule has 0 aromatic carbocycles. The molecule has 1 saturated heterocycles. The number of ether oxygens (including phenoxy) is 2. The number of hydrogen-bond donors (Lipinski definition) is 1. The average Bonchev–Trinajstić information content (AvgIpc) is 2.89. The first kappa shape index (κ1) is 15.3. The fourth-order valence-electron chi connectivity index (χ4n) is 3.96. The Morgan fingerprint density at radius 2 is 1.95 bits per heavy atom. The predicted molar refractivity (Wildman–Crippen MR) is 83.2 cm³/mol. The van der Waals surface area contributed by atoms with Crippen molar-refractivity contribution in [3.8, 4) is 0 Å². The van der Waals surface area contributed by atoms with Crippen molar-refractivity contribution >= 4 is 5.78 Å². The average molecular weight is 302 g/mol.